The van der Waals surface area contributed by atoms with Crippen molar-refractivity contribution in [1.82, 2.24) is 14.7 Å². The molecule has 1 heterocycles. The fourth-order valence-electron chi connectivity index (χ4n) is 5.32. The Morgan fingerprint density at radius 3 is 1.25 bits per heavy atom. The summed E-state index contributed by atoms with van der Waals surface area (Å²) in [6.45, 7) is 19.2. The van der Waals surface area contributed by atoms with Crippen molar-refractivity contribution < 1.29 is 50.9 Å². The van der Waals surface area contributed by atoms with Gasteiger partial charge in [-0.3, -0.25) is 9.69 Å². The van der Waals surface area contributed by atoms with E-state index < -0.39 is 29.7 Å². The Morgan fingerprint density at radius 1 is 0.673 bits per heavy atom. The van der Waals surface area contributed by atoms with Crippen LogP contribution in [0.2, 0.25) is 0 Å². The number of aliphatic carboxylic acids is 2. The third-order valence-corrected chi connectivity index (χ3v) is 8.58. The second-order valence-corrected chi connectivity index (χ2v) is 15.3. The minimum absolute atomic E-state index is 0.0976. The summed E-state index contributed by atoms with van der Waals surface area (Å²) in [6.07, 6.45) is -8.87. The van der Waals surface area contributed by atoms with Crippen LogP contribution in [0.25, 0.3) is 0 Å². The number of halogens is 6. The summed E-state index contributed by atoms with van der Waals surface area (Å²) >= 11 is 0. The lowest BCUT2D eigenvalue weighted by Gasteiger charge is -2.41. The minimum atomic E-state index is -5.08. The first kappa shape index (κ1) is 46.3. The lowest BCUT2D eigenvalue weighted by atomic mass is 9.74. The van der Waals surface area contributed by atoms with Gasteiger partial charge in [-0.2, -0.15) is 26.3 Å². The SMILES string of the molecule is CN(C)CCN1CCN(C(=O)C(CN)(Cc2ccc(C(C)(C)C)cc2)Cc2ccc(C(C)(C)C)cc2)CC1.O=C(O)C(F)(F)F.O=C(O)C(F)(F)F. The van der Waals surface area contributed by atoms with Crippen LogP contribution >= 0.6 is 0 Å². The number of hydrogen-bond donors (Lipinski definition) is 3. The molecule has 294 valence electrons. The summed E-state index contributed by atoms with van der Waals surface area (Å²) in [6, 6.07) is 17.6. The van der Waals surface area contributed by atoms with Gasteiger partial charge in [-0.05, 0) is 60.0 Å². The molecule has 4 N–H and O–H groups in total. The van der Waals surface area contributed by atoms with Crippen LogP contribution in [0.4, 0.5) is 26.3 Å². The number of alkyl halides is 6. The second kappa shape index (κ2) is 18.9. The molecular formula is C37H54F6N4O5. The van der Waals surface area contributed by atoms with Crippen LogP contribution < -0.4 is 5.73 Å². The minimum Gasteiger partial charge on any atom is -0.475 e. The predicted octanol–water partition coefficient (Wildman–Crippen LogP) is 5.98. The molecule has 3 rings (SSSR count). The number of carboxylic acid groups (broad SMARTS) is 2. The van der Waals surface area contributed by atoms with Gasteiger partial charge in [-0.15, -0.1) is 0 Å². The number of nitrogens with two attached hydrogens (primary N) is 1. The molecule has 0 aromatic heterocycles. The molecule has 15 heteroatoms. The van der Waals surface area contributed by atoms with Crippen molar-refractivity contribution in [2.24, 2.45) is 11.1 Å². The van der Waals surface area contributed by atoms with Gasteiger partial charge in [0.1, 0.15) is 0 Å². The number of benzene rings is 2. The zero-order valence-corrected chi connectivity index (χ0v) is 31.3. The molecule has 0 aliphatic carbocycles. The highest BCUT2D eigenvalue weighted by Gasteiger charge is 2.42. The molecule has 2 aromatic carbocycles. The zero-order chi connectivity index (χ0) is 40.3. The van der Waals surface area contributed by atoms with Gasteiger partial charge in [0.15, 0.2) is 0 Å². The molecule has 0 radical (unpaired) electrons. The van der Waals surface area contributed by atoms with Crippen molar-refractivity contribution in [2.45, 2.75) is 77.6 Å². The molecule has 1 aliphatic rings. The molecule has 0 spiro atoms. The molecule has 1 saturated heterocycles. The summed E-state index contributed by atoms with van der Waals surface area (Å²) in [4.78, 5) is 38.8. The Morgan fingerprint density at radius 2 is 1.00 bits per heavy atom. The van der Waals surface area contributed by atoms with Crippen LogP contribution in [-0.4, -0.2) is 115 Å². The molecular weight excluding hydrogens is 694 g/mol. The van der Waals surface area contributed by atoms with Gasteiger partial charge in [0.05, 0.1) is 5.41 Å². The van der Waals surface area contributed by atoms with Crippen molar-refractivity contribution in [3.8, 4) is 0 Å². The number of carbonyl (C=O) groups is 3. The Hall–Kier alpha value is -3.69. The number of carboxylic acids is 2. The third-order valence-electron chi connectivity index (χ3n) is 8.58. The number of hydrogen-bond acceptors (Lipinski definition) is 6. The van der Waals surface area contributed by atoms with Crippen LogP contribution in [0.15, 0.2) is 48.5 Å². The number of nitrogens with zero attached hydrogens (tertiary/aromatic N) is 3. The van der Waals surface area contributed by atoms with E-state index in [1.54, 1.807) is 0 Å². The number of rotatable bonds is 9. The maximum absolute atomic E-state index is 14.3. The van der Waals surface area contributed by atoms with Crippen molar-refractivity contribution >= 4 is 17.8 Å². The first-order valence-corrected chi connectivity index (χ1v) is 16.8. The molecule has 0 unspecified atom stereocenters. The van der Waals surface area contributed by atoms with Gasteiger partial charge in [-0.1, -0.05) is 90.1 Å². The highest BCUT2D eigenvalue weighted by Crippen LogP contribution is 2.33. The van der Waals surface area contributed by atoms with E-state index in [2.05, 4.69) is 119 Å². The topological polar surface area (TPSA) is 127 Å². The lowest BCUT2D eigenvalue weighted by molar-refractivity contribution is -0.193. The summed E-state index contributed by atoms with van der Waals surface area (Å²) in [5.41, 5.74) is 11.0. The van der Waals surface area contributed by atoms with Crippen LogP contribution in [0.3, 0.4) is 0 Å². The molecule has 0 atom stereocenters. The monoisotopic (exact) mass is 748 g/mol. The van der Waals surface area contributed by atoms with E-state index in [-0.39, 0.29) is 16.7 Å². The molecule has 9 nitrogen and oxygen atoms in total. The predicted molar refractivity (Wildman–Crippen MR) is 188 cm³/mol. The standard InChI is InChI=1S/C33H52N4O.2C2HF3O2/c1-31(2,3)28-13-9-26(10-14-28)23-33(25-34,24-27-11-15-29(16-12-27)32(4,5)6)30(38)37-21-19-36(20-22-37)18-17-35(7)8;2*3-2(4,5)1(6)7/h9-16H,17-25,34H2,1-8H3;2*(H,6,7). The van der Waals surface area contributed by atoms with E-state index in [1.807, 2.05) is 0 Å². The number of carbonyl (C=O) groups excluding carboxylic acids is 1. The van der Waals surface area contributed by atoms with E-state index in [9.17, 15) is 31.1 Å². The van der Waals surface area contributed by atoms with E-state index in [1.165, 1.54) is 22.3 Å². The normalized spacial score (nSPS) is 14.6. The van der Waals surface area contributed by atoms with Gasteiger partial charge in [0.2, 0.25) is 5.91 Å². The maximum Gasteiger partial charge on any atom is 0.490 e. The Balaban J connectivity index is 0.000000812. The fourth-order valence-corrected chi connectivity index (χ4v) is 5.32. The molecule has 1 aliphatic heterocycles. The molecule has 2 aromatic rings. The second-order valence-electron chi connectivity index (χ2n) is 15.3. The number of amides is 1. The number of likely N-dealkylation sites (N-methyl/N-ethyl adjacent to an activating group) is 1. The Labute approximate surface area is 302 Å². The first-order valence-electron chi connectivity index (χ1n) is 16.8. The van der Waals surface area contributed by atoms with Gasteiger partial charge in [-0.25, -0.2) is 9.59 Å². The van der Waals surface area contributed by atoms with Gasteiger partial charge in [0.25, 0.3) is 0 Å². The van der Waals surface area contributed by atoms with Crippen LogP contribution in [0.5, 0.6) is 0 Å². The maximum atomic E-state index is 14.3. The Bertz CT molecular complexity index is 1340. The molecule has 1 fully saturated rings. The fraction of sp³-hybridized carbons (Fsp3) is 0.595. The first-order chi connectivity index (χ1) is 23.6. The average Bonchev–Trinajstić information content (AvgIpc) is 3.02. The smallest absolute Gasteiger partial charge is 0.475 e. The van der Waals surface area contributed by atoms with Crippen LogP contribution in [0, 0.1) is 5.41 Å². The van der Waals surface area contributed by atoms with Crippen molar-refractivity contribution in [2.75, 3.05) is 59.9 Å². The Kier molecular flexibility index (Phi) is 16.8. The summed E-state index contributed by atoms with van der Waals surface area (Å²) < 4.78 is 63.5. The highest BCUT2D eigenvalue weighted by molar-refractivity contribution is 5.84. The lowest BCUT2D eigenvalue weighted by Crippen LogP contribution is -2.56. The van der Waals surface area contributed by atoms with Crippen molar-refractivity contribution in [1.29, 1.82) is 0 Å². The summed E-state index contributed by atoms with van der Waals surface area (Å²) in [7, 11) is 4.22. The van der Waals surface area contributed by atoms with Crippen molar-refractivity contribution in [3.63, 3.8) is 0 Å². The number of piperazine rings is 1. The molecule has 52 heavy (non-hydrogen) atoms. The van der Waals surface area contributed by atoms with Crippen LogP contribution in [0.1, 0.15) is 63.8 Å². The largest absolute Gasteiger partial charge is 0.490 e. The van der Waals surface area contributed by atoms with Gasteiger partial charge >= 0.3 is 24.3 Å². The molecule has 0 saturated carbocycles. The zero-order valence-electron chi connectivity index (χ0n) is 31.3. The average molecular weight is 749 g/mol. The molecule has 1 amide bonds. The highest BCUT2D eigenvalue weighted by atomic mass is 19.4. The summed E-state index contributed by atoms with van der Waals surface area (Å²) in [5.74, 6) is -5.31. The van der Waals surface area contributed by atoms with E-state index >= 15 is 0 Å². The van der Waals surface area contributed by atoms with Crippen LogP contribution in [-0.2, 0) is 38.1 Å². The van der Waals surface area contributed by atoms with E-state index in [0.29, 0.717) is 19.4 Å². The van der Waals surface area contributed by atoms with E-state index in [4.69, 9.17) is 25.5 Å². The van der Waals surface area contributed by atoms with E-state index in [0.717, 1.165) is 39.3 Å². The molecule has 0 bridgehead atoms. The van der Waals surface area contributed by atoms with Gasteiger partial charge in [0, 0.05) is 45.8 Å². The summed E-state index contributed by atoms with van der Waals surface area (Å²) in [5, 5.41) is 14.2. The third kappa shape index (κ3) is 15.5. The van der Waals surface area contributed by atoms with Crippen molar-refractivity contribution in [3.05, 3.63) is 70.8 Å². The quantitative estimate of drug-likeness (QED) is 0.268. The van der Waals surface area contributed by atoms with Gasteiger partial charge < -0.3 is 25.7 Å².